The maximum Gasteiger partial charge on any atom is 0.349 e. The minimum atomic E-state index is -0.488. The van der Waals surface area contributed by atoms with Gasteiger partial charge in [0.2, 0.25) is 0 Å². The fourth-order valence-corrected chi connectivity index (χ4v) is 4.60. The zero-order valence-corrected chi connectivity index (χ0v) is 16.9. The van der Waals surface area contributed by atoms with Crippen LogP contribution in [0.5, 0.6) is 0 Å². The molecule has 0 N–H and O–H groups in total. The first-order valence-electron chi connectivity index (χ1n) is 8.87. The molecule has 29 heavy (non-hydrogen) atoms. The number of thiophene rings is 1. The Hall–Kier alpha value is -2.96. The SMILES string of the molecule is CCOC(=O)c1sc2c(ccc(=O)n2-c2cccc(Cl)c2)c1-c1ccc(F)cc1. The molecular weight excluding hydrogens is 413 g/mol. The first kappa shape index (κ1) is 19.4. The Kier molecular flexibility index (Phi) is 5.22. The van der Waals surface area contributed by atoms with Crippen molar-refractivity contribution in [2.75, 3.05) is 6.61 Å². The van der Waals surface area contributed by atoms with Crippen LogP contribution < -0.4 is 5.56 Å². The van der Waals surface area contributed by atoms with E-state index in [1.54, 1.807) is 49.4 Å². The van der Waals surface area contributed by atoms with E-state index in [2.05, 4.69) is 0 Å². The summed E-state index contributed by atoms with van der Waals surface area (Å²) in [5, 5.41) is 1.19. The summed E-state index contributed by atoms with van der Waals surface area (Å²) in [6.45, 7) is 1.95. The number of halogens is 2. The largest absolute Gasteiger partial charge is 0.462 e. The van der Waals surface area contributed by atoms with E-state index in [4.69, 9.17) is 16.3 Å². The van der Waals surface area contributed by atoms with Gasteiger partial charge in [0.1, 0.15) is 15.5 Å². The van der Waals surface area contributed by atoms with Crippen molar-refractivity contribution in [2.45, 2.75) is 6.92 Å². The molecule has 0 atom stereocenters. The van der Waals surface area contributed by atoms with Crippen LogP contribution in [0.3, 0.4) is 0 Å². The first-order valence-corrected chi connectivity index (χ1v) is 10.1. The number of ether oxygens (including phenoxy) is 1. The highest BCUT2D eigenvalue weighted by Gasteiger charge is 2.23. The summed E-state index contributed by atoms with van der Waals surface area (Å²) in [7, 11) is 0. The number of fused-ring (bicyclic) bond motifs is 1. The second-order valence-corrected chi connectivity index (χ2v) is 7.67. The van der Waals surface area contributed by atoms with Gasteiger partial charge in [-0.15, -0.1) is 11.3 Å². The van der Waals surface area contributed by atoms with E-state index in [1.807, 2.05) is 0 Å². The molecule has 146 valence electrons. The second kappa shape index (κ2) is 7.81. The average Bonchev–Trinajstić information content (AvgIpc) is 3.08. The average molecular weight is 428 g/mol. The number of carbonyl (C=O) groups excluding carboxylic acids is 1. The van der Waals surface area contributed by atoms with Gasteiger partial charge < -0.3 is 4.74 Å². The number of aromatic nitrogens is 1. The van der Waals surface area contributed by atoms with E-state index >= 15 is 0 Å². The lowest BCUT2D eigenvalue weighted by Crippen LogP contribution is -2.16. The predicted octanol–water partition coefficient (Wildman–Crippen LogP) is 5.69. The lowest BCUT2D eigenvalue weighted by Gasteiger charge is -2.08. The molecule has 0 bridgehead atoms. The summed E-state index contributed by atoms with van der Waals surface area (Å²) in [5.41, 5.74) is 1.62. The fraction of sp³-hybridized carbons (Fsp3) is 0.0909. The van der Waals surface area contributed by atoms with Crippen LogP contribution in [0.25, 0.3) is 27.0 Å². The van der Waals surface area contributed by atoms with Crippen molar-refractivity contribution in [2.24, 2.45) is 0 Å². The Morgan fingerprint density at radius 1 is 1.14 bits per heavy atom. The van der Waals surface area contributed by atoms with Crippen LogP contribution in [0.15, 0.2) is 65.5 Å². The third kappa shape index (κ3) is 3.57. The third-order valence-electron chi connectivity index (χ3n) is 4.40. The fourth-order valence-electron chi connectivity index (χ4n) is 3.19. The van der Waals surface area contributed by atoms with E-state index in [9.17, 15) is 14.0 Å². The Labute approximate surface area is 174 Å². The molecule has 0 radical (unpaired) electrons. The highest BCUT2D eigenvalue weighted by atomic mass is 35.5. The molecule has 2 heterocycles. The number of rotatable bonds is 4. The van der Waals surface area contributed by atoms with Crippen molar-refractivity contribution in [1.29, 1.82) is 0 Å². The van der Waals surface area contributed by atoms with Gasteiger partial charge in [-0.1, -0.05) is 29.8 Å². The molecule has 7 heteroatoms. The van der Waals surface area contributed by atoms with Gasteiger partial charge in [-0.2, -0.15) is 0 Å². The zero-order valence-electron chi connectivity index (χ0n) is 15.3. The molecule has 0 aliphatic carbocycles. The number of esters is 1. The zero-order chi connectivity index (χ0) is 20.5. The van der Waals surface area contributed by atoms with Crippen molar-refractivity contribution in [3.05, 3.63) is 86.7 Å². The number of pyridine rings is 1. The molecule has 2 aromatic carbocycles. The quantitative estimate of drug-likeness (QED) is 0.393. The van der Waals surface area contributed by atoms with E-state index in [0.717, 1.165) is 11.3 Å². The number of hydrogen-bond donors (Lipinski definition) is 0. The topological polar surface area (TPSA) is 48.3 Å². The molecule has 2 aromatic heterocycles. The smallest absolute Gasteiger partial charge is 0.349 e. The van der Waals surface area contributed by atoms with Gasteiger partial charge in [-0.3, -0.25) is 9.36 Å². The standard InChI is InChI=1S/C22H15ClFNO3S/c1-2-28-22(27)20-19(13-6-8-15(24)9-7-13)17-10-11-18(26)25(21(17)29-20)16-5-3-4-14(23)12-16/h3-12H,2H2,1H3. The number of carbonyl (C=O) groups is 1. The van der Waals surface area contributed by atoms with Gasteiger partial charge in [0, 0.05) is 22.0 Å². The maximum absolute atomic E-state index is 13.5. The van der Waals surface area contributed by atoms with Gasteiger partial charge in [-0.05, 0) is 48.9 Å². The Balaban J connectivity index is 2.07. The van der Waals surface area contributed by atoms with E-state index < -0.39 is 5.97 Å². The molecule has 0 spiro atoms. The van der Waals surface area contributed by atoms with Crippen molar-refractivity contribution in [3.63, 3.8) is 0 Å². The third-order valence-corrected chi connectivity index (χ3v) is 5.81. The second-order valence-electron chi connectivity index (χ2n) is 6.24. The molecule has 0 saturated carbocycles. The molecule has 0 amide bonds. The van der Waals surface area contributed by atoms with Gasteiger partial charge in [0.25, 0.3) is 5.56 Å². The predicted molar refractivity (Wildman–Crippen MR) is 114 cm³/mol. The maximum atomic E-state index is 13.5. The minimum absolute atomic E-state index is 0.219. The van der Waals surface area contributed by atoms with Crippen molar-refractivity contribution in [1.82, 2.24) is 4.57 Å². The normalized spacial score (nSPS) is 11.0. The molecule has 0 fully saturated rings. The minimum Gasteiger partial charge on any atom is -0.462 e. The Bertz CT molecular complexity index is 1280. The number of hydrogen-bond acceptors (Lipinski definition) is 4. The van der Waals surface area contributed by atoms with Gasteiger partial charge in [0.15, 0.2) is 0 Å². The van der Waals surface area contributed by atoms with Gasteiger partial charge >= 0.3 is 5.97 Å². The number of benzene rings is 2. The van der Waals surface area contributed by atoms with Crippen LogP contribution in [-0.2, 0) is 4.74 Å². The summed E-state index contributed by atoms with van der Waals surface area (Å²) in [4.78, 5) is 26.3. The van der Waals surface area contributed by atoms with Gasteiger partial charge in [0.05, 0.1) is 12.3 Å². The molecule has 0 unspecified atom stereocenters. The Morgan fingerprint density at radius 2 is 1.90 bits per heavy atom. The molecule has 0 aliphatic heterocycles. The first-order chi connectivity index (χ1) is 14.0. The van der Waals surface area contributed by atoms with Crippen LogP contribution in [0.1, 0.15) is 16.6 Å². The summed E-state index contributed by atoms with van der Waals surface area (Å²) in [6, 6.07) is 15.9. The van der Waals surface area contributed by atoms with E-state index in [0.29, 0.717) is 36.9 Å². The lowest BCUT2D eigenvalue weighted by atomic mass is 10.0. The van der Waals surface area contributed by atoms with Crippen molar-refractivity contribution >= 4 is 39.1 Å². The van der Waals surface area contributed by atoms with Crippen LogP contribution in [0.4, 0.5) is 4.39 Å². The molecule has 0 aliphatic rings. The van der Waals surface area contributed by atoms with Crippen LogP contribution in [-0.4, -0.2) is 17.1 Å². The van der Waals surface area contributed by atoms with E-state index in [-0.39, 0.29) is 18.0 Å². The molecular formula is C22H15ClFNO3S. The van der Waals surface area contributed by atoms with Crippen LogP contribution >= 0.6 is 22.9 Å². The lowest BCUT2D eigenvalue weighted by molar-refractivity contribution is 0.0533. The van der Waals surface area contributed by atoms with Crippen molar-refractivity contribution < 1.29 is 13.9 Å². The highest BCUT2D eigenvalue weighted by Crippen LogP contribution is 2.39. The van der Waals surface area contributed by atoms with Crippen LogP contribution in [0.2, 0.25) is 5.02 Å². The van der Waals surface area contributed by atoms with E-state index in [1.165, 1.54) is 22.8 Å². The summed E-state index contributed by atoms with van der Waals surface area (Å²) in [5.74, 6) is -0.861. The van der Waals surface area contributed by atoms with Crippen LogP contribution in [0, 0.1) is 5.82 Å². The molecule has 4 rings (SSSR count). The summed E-state index contributed by atoms with van der Waals surface area (Å²) < 4.78 is 20.2. The van der Waals surface area contributed by atoms with Crippen molar-refractivity contribution in [3.8, 4) is 16.8 Å². The van der Waals surface area contributed by atoms with Gasteiger partial charge in [-0.25, -0.2) is 9.18 Å². The molecule has 4 aromatic rings. The monoisotopic (exact) mass is 427 g/mol. The molecule has 0 saturated heterocycles. The summed E-state index contributed by atoms with van der Waals surface area (Å²) in [6.07, 6.45) is 0. The molecule has 4 nitrogen and oxygen atoms in total. The highest BCUT2D eigenvalue weighted by molar-refractivity contribution is 7.21. The Morgan fingerprint density at radius 3 is 2.59 bits per heavy atom. The summed E-state index contributed by atoms with van der Waals surface area (Å²) >= 11 is 7.28. The number of nitrogens with zero attached hydrogens (tertiary/aromatic N) is 1.